The van der Waals surface area contributed by atoms with Gasteiger partial charge < -0.3 is 5.32 Å². The predicted molar refractivity (Wildman–Crippen MR) is 138 cm³/mol. The molecule has 1 saturated carbocycles. The summed E-state index contributed by atoms with van der Waals surface area (Å²) in [6.07, 6.45) is 8.51. The van der Waals surface area contributed by atoms with Crippen LogP contribution in [0, 0.1) is 11.3 Å². The van der Waals surface area contributed by atoms with Crippen LogP contribution in [0.3, 0.4) is 0 Å². The summed E-state index contributed by atoms with van der Waals surface area (Å²) in [6.45, 7) is 9.42. The number of halogens is 1. The Kier molecular flexibility index (Phi) is 9.12. The van der Waals surface area contributed by atoms with Gasteiger partial charge in [0, 0.05) is 35.6 Å². The van der Waals surface area contributed by atoms with Gasteiger partial charge in [0.15, 0.2) is 0 Å². The molecular formula is C28H37BrN2O. The minimum absolute atomic E-state index is 0.188. The lowest BCUT2D eigenvalue weighted by Crippen LogP contribution is -2.41. The lowest BCUT2D eigenvalue weighted by Gasteiger charge is -2.31. The maximum Gasteiger partial charge on any atom is 0.226 e. The van der Waals surface area contributed by atoms with Crippen LogP contribution in [0.25, 0.3) is 6.08 Å². The maximum atomic E-state index is 13.1. The molecule has 4 heteroatoms. The predicted octanol–water partition coefficient (Wildman–Crippen LogP) is 6.69. The highest BCUT2D eigenvalue weighted by molar-refractivity contribution is 9.10. The van der Waals surface area contributed by atoms with E-state index in [9.17, 15) is 4.79 Å². The van der Waals surface area contributed by atoms with Crippen molar-refractivity contribution in [2.24, 2.45) is 11.3 Å². The third kappa shape index (κ3) is 7.31. The van der Waals surface area contributed by atoms with Gasteiger partial charge in [-0.3, -0.25) is 9.69 Å². The third-order valence-corrected chi connectivity index (χ3v) is 6.91. The molecule has 2 aromatic carbocycles. The summed E-state index contributed by atoms with van der Waals surface area (Å²) in [5, 5.41) is 3.19. The summed E-state index contributed by atoms with van der Waals surface area (Å²) in [6, 6.07) is 19.1. The van der Waals surface area contributed by atoms with Gasteiger partial charge >= 0.3 is 0 Å². The molecule has 3 rings (SSSR count). The van der Waals surface area contributed by atoms with E-state index in [0.29, 0.717) is 18.5 Å². The Morgan fingerprint density at radius 2 is 2.00 bits per heavy atom. The first-order valence-corrected chi connectivity index (χ1v) is 12.6. The second-order valence-electron chi connectivity index (χ2n) is 9.76. The molecule has 32 heavy (non-hydrogen) atoms. The van der Waals surface area contributed by atoms with Crippen LogP contribution < -0.4 is 5.32 Å². The number of amides is 1. The van der Waals surface area contributed by atoms with E-state index in [2.05, 4.69) is 95.5 Å². The second kappa shape index (κ2) is 11.8. The molecule has 3 nitrogen and oxygen atoms in total. The Hall–Kier alpha value is -1.91. The first-order valence-electron chi connectivity index (χ1n) is 11.8. The molecule has 0 saturated heterocycles. The summed E-state index contributed by atoms with van der Waals surface area (Å²) in [5.74, 6) is 0.804. The average molecular weight is 498 g/mol. The van der Waals surface area contributed by atoms with Gasteiger partial charge in [-0.2, -0.15) is 0 Å². The molecule has 0 bridgehead atoms. The van der Waals surface area contributed by atoms with Crippen molar-refractivity contribution in [3.8, 4) is 0 Å². The molecule has 1 aliphatic rings. The number of hydrogen-bond donors (Lipinski definition) is 1. The van der Waals surface area contributed by atoms with Gasteiger partial charge in [0.05, 0.1) is 0 Å². The third-order valence-electron chi connectivity index (χ3n) is 6.41. The highest BCUT2D eigenvalue weighted by Crippen LogP contribution is 2.40. The van der Waals surface area contributed by atoms with Crippen LogP contribution >= 0.6 is 15.9 Å². The first kappa shape index (κ1) is 24.7. The van der Waals surface area contributed by atoms with E-state index in [1.165, 1.54) is 5.56 Å². The van der Waals surface area contributed by atoms with E-state index in [4.69, 9.17) is 0 Å². The molecule has 2 atom stereocenters. The van der Waals surface area contributed by atoms with Crippen molar-refractivity contribution in [1.29, 1.82) is 0 Å². The molecule has 0 aromatic heterocycles. The van der Waals surface area contributed by atoms with Crippen molar-refractivity contribution in [3.63, 3.8) is 0 Å². The van der Waals surface area contributed by atoms with Crippen molar-refractivity contribution in [2.45, 2.75) is 59.0 Å². The Labute approximate surface area is 202 Å². The van der Waals surface area contributed by atoms with Crippen molar-refractivity contribution < 1.29 is 4.79 Å². The van der Waals surface area contributed by atoms with E-state index in [-0.39, 0.29) is 11.3 Å². The molecule has 0 radical (unpaired) electrons. The van der Waals surface area contributed by atoms with Gasteiger partial charge in [-0.05, 0) is 54.9 Å². The quantitative estimate of drug-likeness (QED) is 0.397. The summed E-state index contributed by atoms with van der Waals surface area (Å²) in [4.78, 5) is 15.7. The second-order valence-corrected chi connectivity index (χ2v) is 10.7. The van der Waals surface area contributed by atoms with E-state index in [0.717, 1.165) is 48.8 Å². The molecule has 172 valence electrons. The van der Waals surface area contributed by atoms with Crippen molar-refractivity contribution in [1.82, 2.24) is 10.2 Å². The SMILES string of the molecule is CC(C)CN(CC/C=C\c1ccccc1)C1CCC(C)(C(=O)NCc2cccc(Br)c2)C1. The molecule has 0 heterocycles. The van der Waals surface area contributed by atoms with E-state index < -0.39 is 0 Å². The Balaban J connectivity index is 1.54. The standard InChI is InChI=1S/C28H37BrN2O/c1-22(2)21-31(17-8-7-12-23-10-5-4-6-11-23)26-15-16-28(3,19-26)27(32)30-20-24-13-9-14-25(29)18-24/h4-7,9-14,18,22,26H,8,15-17,19-21H2,1-3H3,(H,30,32)/b12-7-. The zero-order chi connectivity index (χ0) is 23.0. The van der Waals surface area contributed by atoms with Gasteiger partial charge in [-0.1, -0.05) is 91.3 Å². The molecule has 2 unspecified atom stereocenters. The molecule has 1 amide bonds. The molecule has 0 spiro atoms. The topological polar surface area (TPSA) is 32.3 Å². The summed E-state index contributed by atoms with van der Waals surface area (Å²) in [5.41, 5.74) is 2.09. The van der Waals surface area contributed by atoms with Gasteiger partial charge in [0.1, 0.15) is 0 Å². The fourth-order valence-electron chi connectivity index (χ4n) is 4.69. The average Bonchev–Trinajstić information content (AvgIpc) is 3.18. The number of carbonyl (C=O) groups is 1. The van der Waals surface area contributed by atoms with Gasteiger partial charge in [0.25, 0.3) is 0 Å². The van der Waals surface area contributed by atoms with Crippen molar-refractivity contribution >= 4 is 27.9 Å². The zero-order valence-electron chi connectivity index (χ0n) is 19.7. The van der Waals surface area contributed by atoms with Gasteiger partial charge in [0.2, 0.25) is 5.91 Å². The van der Waals surface area contributed by atoms with E-state index >= 15 is 0 Å². The highest BCUT2D eigenvalue weighted by atomic mass is 79.9. The van der Waals surface area contributed by atoms with Crippen LogP contribution in [-0.2, 0) is 11.3 Å². The number of nitrogens with zero attached hydrogens (tertiary/aromatic N) is 1. The Morgan fingerprint density at radius 3 is 2.72 bits per heavy atom. The van der Waals surface area contributed by atoms with Gasteiger partial charge in [-0.25, -0.2) is 0 Å². The Morgan fingerprint density at radius 1 is 1.22 bits per heavy atom. The molecule has 1 N–H and O–H groups in total. The molecule has 0 aliphatic heterocycles. The van der Waals surface area contributed by atoms with Crippen molar-refractivity contribution in [3.05, 3.63) is 76.3 Å². The summed E-state index contributed by atoms with van der Waals surface area (Å²) >= 11 is 3.51. The number of nitrogens with one attached hydrogen (secondary N) is 1. The number of benzene rings is 2. The van der Waals surface area contributed by atoms with Crippen LogP contribution in [0.15, 0.2) is 65.1 Å². The van der Waals surface area contributed by atoms with Crippen LogP contribution in [0.4, 0.5) is 0 Å². The van der Waals surface area contributed by atoms with Crippen LogP contribution in [0.2, 0.25) is 0 Å². The van der Waals surface area contributed by atoms with Gasteiger partial charge in [-0.15, -0.1) is 0 Å². The lowest BCUT2D eigenvalue weighted by molar-refractivity contribution is -0.130. The van der Waals surface area contributed by atoms with Crippen molar-refractivity contribution in [2.75, 3.05) is 13.1 Å². The lowest BCUT2D eigenvalue weighted by atomic mass is 9.87. The molecule has 1 aliphatic carbocycles. The number of rotatable bonds is 10. The molecule has 2 aromatic rings. The smallest absolute Gasteiger partial charge is 0.226 e. The van der Waals surface area contributed by atoms with Crippen LogP contribution in [0.1, 0.15) is 57.6 Å². The Bertz CT molecular complexity index is 895. The monoisotopic (exact) mass is 496 g/mol. The minimum atomic E-state index is -0.286. The fourth-order valence-corrected chi connectivity index (χ4v) is 5.13. The van der Waals surface area contributed by atoms with Crippen LogP contribution in [0.5, 0.6) is 0 Å². The van der Waals surface area contributed by atoms with E-state index in [1.807, 2.05) is 18.2 Å². The summed E-state index contributed by atoms with van der Waals surface area (Å²) < 4.78 is 1.04. The molecule has 1 fully saturated rings. The fraction of sp³-hybridized carbons (Fsp3) is 0.464. The van der Waals surface area contributed by atoms with Crippen LogP contribution in [-0.4, -0.2) is 29.9 Å². The highest BCUT2D eigenvalue weighted by Gasteiger charge is 2.42. The normalized spacial score (nSPS) is 21.0. The minimum Gasteiger partial charge on any atom is -0.352 e. The number of carbonyl (C=O) groups excluding carboxylic acids is 1. The zero-order valence-corrected chi connectivity index (χ0v) is 21.3. The van der Waals surface area contributed by atoms with E-state index in [1.54, 1.807) is 0 Å². The number of hydrogen-bond acceptors (Lipinski definition) is 2. The maximum absolute atomic E-state index is 13.1. The first-order chi connectivity index (χ1) is 15.4. The largest absolute Gasteiger partial charge is 0.352 e. The molecular weight excluding hydrogens is 460 g/mol. The summed E-state index contributed by atoms with van der Waals surface area (Å²) in [7, 11) is 0.